The number of carbonyl (C=O) groups is 2. The van der Waals surface area contributed by atoms with Gasteiger partial charge in [-0.15, -0.1) is 0 Å². The van der Waals surface area contributed by atoms with Crippen LogP contribution in [0.2, 0.25) is 0 Å². The lowest BCUT2D eigenvalue weighted by Gasteiger charge is -2.37. The fourth-order valence-electron chi connectivity index (χ4n) is 3.70. The maximum absolute atomic E-state index is 13.1. The number of carbonyl (C=O) groups excluding carboxylic acids is 2. The molecule has 1 aromatic carbocycles. The Hall–Kier alpha value is -1.71. The van der Waals surface area contributed by atoms with E-state index in [0.29, 0.717) is 24.3 Å². The lowest BCUT2D eigenvalue weighted by molar-refractivity contribution is -0.136. The van der Waals surface area contributed by atoms with Crippen LogP contribution in [-0.2, 0) is 9.59 Å². The van der Waals surface area contributed by atoms with E-state index in [4.69, 9.17) is 0 Å². The number of benzene rings is 1. The quantitative estimate of drug-likeness (QED) is 0.906. The molecule has 2 aliphatic rings. The highest BCUT2D eigenvalue weighted by atomic mass is 19.1. The Morgan fingerprint density at radius 3 is 2.52 bits per heavy atom. The Morgan fingerprint density at radius 2 is 1.90 bits per heavy atom. The summed E-state index contributed by atoms with van der Waals surface area (Å²) in [7, 11) is 0. The van der Waals surface area contributed by atoms with E-state index in [1.54, 1.807) is 13.0 Å². The zero-order chi connectivity index (χ0) is 15.0. The van der Waals surface area contributed by atoms with E-state index in [2.05, 4.69) is 5.32 Å². The molecule has 1 aromatic rings. The molecule has 3 nitrogen and oxygen atoms in total. The zero-order valence-electron chi connectivity index (χ0n) is 12.2. The lowest BCUT2D eigenvalue weighted by atomic mass is 9.67. The average molecular weight is 289 g/mol. The van der Waals surface area contributed by atoms with Gasteiger partial charge in [-0.05, 0) is 56.4 Å². The van der Waals surface area contributed by atoms with Crippen molar-refractivity contribution in [2.75, 3.05) is 5.32 Å². The van der Waals surface area contributed by atoms with Crippen molar-refractivity contribution >= 4 is 17.4 Å². The zero-order valence-corrected chi connectivity index (χ0v) is 12.2. The number of Topliss-reactive ketones (excluding diaryl/α,β-unsaturated/α-hetero) is 1. The number of hydrogen-bond donors (Lipinski definition) is 1. The topological polar surface area (TPSA) is 46.2 Å². The minimum Gasteiger partial charge on any atom is -0.326 e. The number of aryl methyl sites for hydroxylation is 1. The standard InChI is InChI=1S/C17H20FNO2/c1-10-7-14(18)5-6-15(10)19-17(21)13-8-11-3-2-4-12(9-13)16(11)20/h5-7,11-13H,2-4,8-9H2,1H3,(H,19,21)/t11-,12+,13?. The van der Waals surface area contributed by atoms with Crippen molar-refractivity contribution in [1.29, 1.82) is 0 Å². The molecule has 0 aromatic heterocycles. The number of fused-ring (bicyclic) bond motifs is 2. The molecule has 2 saturated carbocycles. The van der Waals surface area contributed by atoms with Crippen molar-refractivity contribution in [2.45, 2.75) is 39.0 Å². The van der Waals surface area contributed by atoms with Gasteiger partial charge in [0.25, 0.3) is 0 Å². The summed E-state index contributed by atoms with van der Waals surface area (Å²) in [5, 5.41) is 2.89. The largest absolute Gasteiger partial charge is 0.326 e. The van der Waals surface area contributed by atoms with Gasteiger partial charge >= 0.3 is 0 Å². The van der Waals surface area contributed by atoms with Crippen molar-refractivity contribution in [1.82, 2.24) is 0 Å². The summed E-state index contributed by atoms with van der Waals surface area (Å²) in [5.41, 5.74) is 1.37. The first-order chi connectivity index (χ1) is 10.0. The van der Waals surface area contributed by atoms with Crippen LogP contribution in [0.5, 0.6) is 0 Å². The van der Waals surface area contributed by atoms with Gasteiger partial charge in [-0.2, -0.15) is 0 Å². The first-order valence-corrected chi connectivity index (χ1v) is 7.65. The maximum atomic E-state index is 13.1. The SMILES string of the molecule is Cc1cc(F)ccc1NC(=O)C1C[C@H]2CCC[C@@H](C1)C2=O. The summed E-state index contributed by atoms with van der Waals surface area (Å²) in [5.74, 6) is 0.0771. The normalized spacial score (nSPS) is 28.3. The van der Waals surface area contributed by atoms with Gasteiger partial charge in [0.15, 0.2) is 0 Å². The van der Waals surface area contributed by atoms with E-state index in [1.165, 1.54) is 12.1 Å². The van der Waals surface area contributed by atoms with Crippen LogP contribution >= 0.6 is 0 Å². The monoisotopic (exact) mass is 289 g/mol. The summed E-state index contributed by atoms with van der Waals surface area (Å²) < 4.78 is 13.1. The molecule has 0 heterocycles. The van der Waals surface area contributed by atoms with Crippen LogP contribution in [0.3, 0.4) is 0 Å². The summed E-state index contributed by atoms with van der Waals surface area (Å²) in [6.07, 6.45) is 4.29. The molecule has 1 N–H and O–H groups in total. The second-order valence-corrected chi connectivity index (χ2v) is 6.34. The molecule has 2 aliphatic carbocycles. The molecular weight excluding hydrogens is 269 g/mol. The molecule has 1 amide bonds. The van der Waals surface area contributed by atoms with Gasteiger partial charge in [-0.3, -0.25) is 9.59 Å². The number of hydrogen-bond acceptors (Lipinski definition) is 2. The number of nitrogens with one attached hydrogen (secondary N) is 1. The second-order valence-electron chi connectivity index (χ2n) is 6.34. The summed E-state index contributed by atoms with van der Waals surface area (Å²) >= 11 is 0. The van der Waals surface area contributed by atoms with Gasteiger partial charge < -0.3 is 5.32 Å². The van der Waals surface area contributed by atoms with Gasteiger partial charge in [0.2, 0.25) is 5.91 Å². The molecule has 4 heteroatoms. The van der Waals surface area contributed by atoms with Crippen molar-refractivity contribution in [3.05, 3.63) is 29.6 Å². The minimum absolute atomic E-state index is 0.0332. The van der Waals surface area contributed by atoms with Crippen molar-refractivity contribution in [3.63, 3.8) is 0 Å². The van der Waals surface area contributed by atoms with E-state index in [1.807, 2.05) is 0 Å². The third-order valence-corrected chi connectivity index (χ3v) is 4.87. The molecular formula is C17H20FNO2. The predicted molar refractivity (Wildman–Crippen MR) is 78.3 cm³/mol. The van der Waals surface area contributed by atoms with Crippen molar-refractivity contribution < 1.29 is 14.0 Å². The van der Waals surface area contributed by atoms with Crippen LogP contribution in [0.15, 0.2) is 18.2 Å². The highest BCUT2D eigenvalue weighted by Crippen LogP contribution is 2.40. The van der Waals surface area contributed by atoms with Crippen LogP contribution in [0.1, 0.15) is 37.7 Å². The number of halogens is 1. The van der Waals surface area contributed by atoms with Crippen LogP contribution in [0.25, 0.3) is 0 Å². The number of anilines is 1. The van der Waals surface area contributed by atoms with E-state index in [0.717, 1.165) is 24.8 Å². The molecule has 3 atom stereocenters. The Balaban J connectivity index is 1.70. The molecule has 0 spiro atoms. The Labute approximate surface area is 123 Å². The Morgan fingerprint density at radius 1 is 1.24 bits per heavy atom. The molecule has 112 valence electrons. The van der Waals surface area contributed by atoms with Crippen LogP contribution < -0.4 is 5.32 Å². The predicted octanol–water partition coefficient (Wildman–Crippen LogP) is 3.47. The van der Waals surface area contributed by atoms with Crippen molar-refractivity contribution in [2.24, 2.45) is 17.8 Å². The third kappa shape index (κ3) is 2.85. The molecule has 21 heavy (non-hydrogen) atoms. The van der Waals surface area contributed by atoms with E-state index >= 15 is 0 Å². The van der Waals surface area contributed by atoms with Crippen LogP contribution in [0.4, 0.5) is 10.1 Å². The summed E-state index contributed by atoms with van der Waals surface area (Å²) in [6, 6.07) is 4.36. The molecule has 3 rings (SSSR count). The Kier molecular flexibility index (Phi) is 3.79. The van der Waals surface area contributed by atoms with Crippen LogP contribution in [-0.4, -0.2) is 11.7 Å². The van der Waals surface area contributed by atoms with Gasteiger partial charge in [0.05, 0.1) is 0 Å². The van der Waals surface area contributed by atoms with E-state index in [9.17, 15) is 14.0 Å². The van der Waals surface area contributed by atoms with Crippen LogP contribution in [0, 0.1) is 30.5 Å². The first kappa shape index (κ1) is 14.2. The minimum atomic E-state index is -0.303. The van der Waals surface area contributed by atoms with Gasteiger partial charge in [0.1, 0.15) is 11.6 Å². The molecule has 0 aliphatic heterocycles. The van der Waals surface area contributed by atoms with E-state index < -0.39 is 0 Å². The Bertz CT molecular complexity index is 568. The fraction of sp³-hybridized carbons (Fsp3) is 0.529. The van der Waals surface area contributed by atoms with Gasteiger partial charge in [0, 0.05) is 23.4 Å². The van der Waals surface area contributed by atoms with Gasteiger partial charge in [-0.25, -0.2) is 4.39 Å². The lowest BCUT2D eigenvalue weighted by Crippen LogP contribution is -2.40. The average Bonchev–Trinajstić information content (AvgIpc) is 2.41. The van der Waals surface area contributed by atoms with E-state index in [-0.39, 0.29) is 29.5 Å². The fourth-order valence-corrected chi connectivity index (χ4v) is 3.70. The molecule has 0 radical (unpaired) electrons. The molecule has 0 saturated heterocycles. The molecule has 2 fully saturated rings. The van der Waals surface area contributed by atoms with Crippen molar-refractivity contribution in [3.8, 4) is 0 Å². The maximum Gasteiger partial charge on any atom is 0.227 e. The number of amides is 1. The summed E-state index contributed by atoms with van der Waals surface area (Å²) in [4.78, 5) is 24.5. The number of rotatable bonds is 2. The highest BCUT2D eigenvalue weighted by molar-refractivity contribution is 5.95. The summed E-state index contributed by atoms with van der Waals surface area (Å²) in [6.45, 7) is 1.78. The molecule has 1 unspecified atom stereocenters. The third-order valence-electron chi connectivity index (χ3n) is 4.87. The van der Waals surface area contributed by atoms with Gasteiger partial charge in [-0.1, -0.05) is 6.42 Å². The first-order valence-electron chi connectivity index (χ1n) is 7.65. The highest BCUT2D eigenvalue weighted by Gasteiger charge is 2.41. The smallest absolute Gasteiger partial charge is 0.227 e. The molecule has 2 bridgehead atoms. The second kappa shape index (κ2) is 5.58. The number of ketones is 1.